The Morgan fingerprint density at radius 2 is 1.56 bits per heavy atom. The predicted molar refractivity (Wildman–Crippen MR) is 102 cm³/mol. The average Bonchev–Trinajstić information content (AvgIpc) is 2.58. The summed E-state index contributed by atoms with van der Waals surface area (Å²) in [4.78, 5) is 0.382. The van der Waals surface area contributed by atoms with Gasteiger partial charge in [0, 0.05) is 17.9 Å². The number of hydrogen-bond donors (Lipinski definition) is 7. The molecule has 2 aromatic carbocycles. The Hall–Kier alpha value is -2.58. The van der Waals surface area contributed by atoms with Crippen molar-refractivity contribution in [1.82, 2.24) is 5.32 Å². The molecule has 0 amide bonds. The lowest BCUT2D eigenvalue weighted by Crippen LogP contribution is -2.18. The van der Waals surface area contributed by atoms with Gasteiger partial charge >= 0.3 is 0 Å². The van der Waals surface area contributed by atoms with E-state index in [2.05, 4.69) is 17.9 Å². The van der Waals surface area contributed by atoms with Gasteiger partial charge in [-0.1, -0.05) is 18.3 Å². The minimum Gasteiger partial charge on any atom is -0.504 e. The second kappa shape index (κ2) is 8.00. The van der Waals surface area contributed by atoms with E-state index in [-0.39, 0.29) is 23.8 Å². The molecule has 0 unspecified atom stereocenters. The first-order valence-corrected chi connectivity index (χ1v) is 8.21. The maximum atomic E-state index is 9.67. The topological polar surface area (TPSA) is 113 Å². The summed E-state index contributed by atoms with van der Waals surface area (Å²) in [6.07, 6.45) is 3.26. The van der Waals surface area contributed by atoms with E-state index in [4.69, 9.17) is 12.2 Å². The van der Waals surface area contributed by atoms with Crippen LogP contribution < -0.4 is 5.32 Å². The van der Waals surface area contributed by atoms with Gasteiger partial charge in [-0.2, -0.15) is 12.6 Å². The number of aromatic hydroxyl groups is 5. The zero-order valence-corrected chi connectivity index (χ0v) is 14.7. The first kappa shape index (κ1) is 18.8. The number of thiocarbonyl (C=S) groups is 1. The van der Waals surface area contributed by atoms with Crippen molar-refractivity contribution in [3.63, 3.8) is 0 Å². The Balaban J connectivity index is 2.03. The fourth-order valence-corrected chi connectivity index (χ4v) is 2.48. The summed E-state index contributed by atoms with van der Waals surface area (Å²) in [6, 6.07) is 5.70. The summed E-state index contributed by atoms with van der Waals surface area (Å²) in [6.45, 7) is 0.229. The highest BCUT2D eigenvalue weighted by Crippen LogP contribution is 2.35. The summed E-state index contributed by atoms with van der Waals surface area (Å²) in [7, 11) is 0. The fourth-order valence-electron chi connectivity index (χ4n) is 2.10. The molecule has 0 spiro atoms. The first-order valence-electron chi connectivity index (χ1n) is 7.17. The Kier molecular flexibility index (Phi) is 6.00. The van der Waals surface area contributed by atoms with Gasteiger partial charge in [0.25, 0.3) is 0 Å². The van der Waals surface area contributed by atoms with Gasteiger partial charge < -0.3 is 30.8 Å². The minimum absolute atomic E-state index is 0.195. The second-order valence-electron chi connectivity index (χ2n) is 5.24. The highest BCUT2D eigenvalue weighted by Gasteiger charge is 2.08. The summed E-state index contributed by atoms with van der Waals surface area (Å²) in [5.41, 5.74) is 1.67. The zero-order valence-electron chi connectivity index (χ0n) is 13.0. The Morgan fingerprint density at radius 3 is 2.16 bits per heavy atom. The number of hydrogen-bond acceptors (Lipinski definition) is 7. The van der Waals surface area contributed by atoms with Gasteiger partial charge in [0.05, 0.1) is 4.99 Å². The lowest BCUT2D eigenvalue weighted by Gasteiger charge is -2.08. The normalized spacial score (nSPS) is 10.9. The van der Waals surface area contributed by atoms with Crippen LogP contribution in [0.1, 0.15) is 16.7 Å². The molecule has 0 saturated carbocycles. The molecule has 0 fully saturated rings. The highest BCUT2D eigenvalue weighted by molar-refractivity contribution is 7.80. The van der Waals surface area contributed by atoms with Crippen LogP contribution in [0.15, 0.2) is 30.3 Å². The van der Waals surface area contributed by atoms with Crippen molar-refractivity contribution in [3.8, 4) is 28.7 Å². The molecule has 0 heterocycles. The largest absolute Gasteiger partial charge is 0.504 e. The van der Waals surface area contributed by atoms with Crippen molar-refractivity contribution < 1.29 is 25.5 Å². The van der Waals surface area contributed by atoms with E-state index in [1.807, 2.05) is 0 Å². The van der Waals surface area contributed by atoms with E-state index in [1.54, 1.807) is 18.2 Å². The van der Waals surface area contributed by atoms with E-state index in [0.29, 0.717) is 21.7 Å². The first-order chi connectivity index (χ1) is 11.8. The molecule has 6 N–H and O–H groups in total. The van der Waals surface area contributed by atoms with Crippen molar-refractivity contribution in [2.75, 3.05) is 0 Å². The van der Waals surface area contributed by atoms with Crippen molar-refractivity contribution in [2.24, 2.45) is 0 Å². The van der Waals surface area contributed by atoms with E-state index >= 15 is 0 Å². The quantitative estimate of drug-likeness (QED) is 0.185. The van der Waals surface area contributed by atoms with E-state index in [1.165, 1.54) is 18.2 Å². The lowest BCUT2D eigenvalue weighted by molar-refractivity contribution is 0.367. The second-order valence-corrected chi connectivity index (χ2v) is 6.00. The molecule has 0 aliphatic carbocycles. The van der Waals surface area contributed by atoms with Crippen LogP contribution in [-0.2, 0) is 12.3 Å². The number of phenols is 5. The van der Waals surface area contributed by atoms with E-state index < -0.39 is 17.2 Å². The van der Waals surface area contributed by atoms with E-state index in [9.17, 15) is 25.5 Å². The molecule has 0 radical (unpaired) electrons. The monoisotopic (exact) mass is 379 g/mol. The van der Waals surface area contributed by atoms with Crippen molar-refractivity contribution in [3.05, 3.63) is 47.0 Å². The number of nitrogens with one attached hydrogen (secondary N) is 1. The molecule has 6 nitrogen and oxygen atoms in total. The molecule has 25 heavy (non-hydrogen) atoms. The molecule has 0 bridgehead atoms. The molecule has 8 heteroatoms. The predicted octanol–water partition coefficient (Wildman–Crippen LogP) is 2.77. The van der Waals surface area contributed by atoms with Crippen LogP contribution in [0.5, 0.6) is 28.7 Å². The molecule has 132 valence electrons. The Labute approximate surface area is 155 Å². The maximum Gasteiger partial charge on any atom is 0.200 e. The molecule has 2 aromatic rings. The van der Waals surface area contributed by atoms with Gasteiger partial charge in [0.1, 0.15) is 0 Å². The Morgan fingerprint density at radius 1 is 0.960 bits per heavy atom. The smallest absolute Gasteiger partial charge is 0.200 e. The van der Waals surface area contributed by atoms with Gasteiger partial charge in [0.15, 0.2) is 28.7 Å². The lowest BCUT2D eigenvalue weighted by atomic mass is 10.1. The summed E-state index contributed by atoms with van der Waals surface area (Å²) in [5, 5.41) is 50.5. The van der Waals surface area contributed by atoms with Crippen LogP contribution in [0.4, 0.5) is 0 Å². The zero-order chi connectivity index (χ0) is 18.6. The average molecular weight is 379 g/mol. The summed E-state index contributed by atoms with van der Waals surface area (Å²) in [5.74, 6) is -1.56. The van der Waals surface area contributed by atoms with Crippen molar-refractivity contribution in [2.45, 2.75) is 12.3 Å². The van der Waals surface area contributed by atoms with Gasteiger partial charge in [-0.15, -0.1) is 0 Å². The van der Waals surface area contributed by atoms with Crippen LogP contribution in [0.3, 0.4) is 0 Å². The standard InChI is InChI=1S/C17H17NO5S2/c19-12-4-9(3-11(8-24)16(12)22)1-2-15(25)18-7-10-5-13(20)17(23)14(21)6-10/h1-6,19-24H,7-8H2,(H,18,25)/b2-1+. The van der Waals surface area contributed by atoms with Gasteiger partial charge in [-0.25, -0.2) is 0 Å². The van der Waals surface area contributed by atoms with E-state index in [0.717, 1.165) is 0 Å². The Bertz CT molecular complexity index is 813. The van der Waals surface area contributed by atoms with Gasteiger partial charge in [-0.3, -0.25) is 0 Å². The molecular formula is C17H17NO5S2. The highest BCUT2D eigenvalue weighted by atomic mass is 32.1. The van der Waals surface area contributed by atoms with Gasteiger partial charge in [-0.05, 0) is 41.5 Å². The third-order valence-electron chi connectivity index (χ3n) is 3.38. The molecule has 0 saturated heterocycles. The molecule has 0 aliphatic rings. The third-order valence-corrected chi connectivity index (χ3v) is 4.01. The SMILES string of the molecule is Oc1cc(CNC(=S)/C=C/c2cc(O)c(O)c(CS)c2)cc(O)c1O. The number of benzene rings is 2. The minimum atomic E-state index is -0.571. The third kappa shape index (κ3) is 4.71. The number of rotatable bonds is 5. The number of phenolic OH excluding ortho intramolecular Hbond substituents is 5. The molecule has 0 aliphatic heterocycles. The molecule has 0 atom stereocenters. The van der Waals surface area contributed by atoms with Crippen LogP contribution in [0, 0.1) is 0 Å². The van der Waals surface area contributed by atoms with Crippen LogP contribution in [-0.4, -0.2) is 30.5 Å². The van der Waals surface area contributed by atoms with Crippen LogP contribution >= 0.6 is 24.8 Å². The fraction of sp³-hybridized carbons (Fsp3) is 0.118. The van der Waals surface area contributed by atoms with Crippen LogP contribution in [0.25, 0.3) is 6.08 Å². The molecule has 2 rings (SSSR count). The molecular weight excluding hydrogens is 362 g/mol. The number of thiol groups is 1. The molecule has 0 aromatic heterocycles. The van der Waals surface area contributed by atoms with Crippen LogP contribution in [0.2, 0.25) is 0 Å². The van der Waals surface area contributed by atoms with Gasteiger partial charge in [0.2, 0.25) is 0 Å². The van der Waals surface area contributed by atoms with Crippen molar-refractivity contribution in [1.29, 1.82) is 0 Å². The maximum absolute atomic E-state index is 9.67. The summed E-state index contributed by atoms with van der Waals surface area (Å²) < 4.78 is 0. The summed E-state index contributed by atoms with van der Waals surface area (Å²) >= 11 is 9.25. The van der Waals surface area contributed by atoms with Crippen molar-refractivity contribution >= 4 is 35.9 Å².